The molecule has 6 heteroatoms. The summed E-state index contributed by atoms with van der Waals surface area (Å²) in [5.41, 5.74) is 1.04. The second kappa shape index (κ2) is 7.28. The maximum absolute atomic E-state index is 12.1. The van der Waals surface area contributed by atoms with Gasteiger partial charge in [-0.1, -0.05) is 30.3 Å². The van der Waals surface area contributed by atoms with E-state index in [0.29, 0.717) is 18.9 Å². The van der Waals surface area contributed by atoms with Crippen LogP contribution in [0.1, 0.15) is 25.1 Å². The summed E-state index contributed by atoms with van der Waals surface area (Å²) in [6.07, 6.45) is 1.59. The van der Waals surface area contributed by atoms with E-state index in [0.717, 1.165) is 17.3 Å². The highest BCUT2D eigenvalue weighted by atomic mass is 32.1. The van der Waals surface area contributed by atoms with Crippen molar-refractivity contribution in [3.8, 4) is 0 Å². The third kappa shape index (κ3) is 4.91. The summed E-state index contributed by atoms with van der Waals surface area (Å²) in [7, 11) is 0. The number of nitrogens with zero attached hydrogens (tertiary/aromatic N) is 2. The summed E-state index contributed by atoms with van der Waals surface area (Å²) in [6, 6.07) is 9.85. The van der Waals surface area contributed by atoms with Crippen molar-refractivity contribution >= 4 is 17.7 Å². The maximum Gasteiger partial charge on any atom is 0.314 e. The standard InChI is InChI=1S/C15H18N2O3S/c1-15(2,11-19-9-12-6-4-3-5-7-12)14(18)20-10-13-8-16-21-17-13/h3-8H,9-11H2,1-2H3. The van der Waals surface area contributed by atoms with Crippen LogP contribution in [-0.4, -0.2) is 21.3 Å². The number of benzene rings is 1. The van der Waals surface area contributed by atoms with E-state index in [-0.39, 0.29) is 12.6 Å². The average Bonchev–Trinajstić information content (AvgIpc) is 2.99. The summed E-state index contributed by atoms with van der Waals surface area (Å²) >= 11 is 1.09. The van der Waals surface area contributed by atoms with Gasteiger partial charge >= 0.3 is 5.97 Å². The molecule has 0 saturated heterocycles. The average molecular weight is 306 g/mol. The molecule has 0 aliphatic rings. The Labute approximate surface area is 128 Å². The van der Waals surface area contributed by atoms with E-state index in [1.807, 2.05) is 30.3 Å². The number of ether oxygens (including phenoxy) is 2. The zero-order valence-corrected chi connectivity index (χ0v) is 12.9. The quantitative estimate of drug-likeness (QED) is 0.736. The highest BCUT2D eigenvalue weighted by Gasteiger charge is 2.30. The lowest BCUT2D eigenvalue weighted by atomic mass is 9.95. The zero-order chi connectivity index (χ0) is 15.1. The van der Waals surface area contributed by atoms with Gasteiger partial charge in [0, 0.05) is 0 Å². The zero-order valence-electron chi connectivity index (χ0n) is 12.1. The molecule has 21 heavy (non-hydrogen) atoms. The van der Waals surface area contributed by atoms with Crippen LogP contribution in [0.25, 0.3) is 0 Å². The van der Waals surface area contributed by atoms with Gasteiger partial charge in [-0.3, -0.25) is 4.79 Å². The molecule has 0 N–H and O–H groups in total. The van der Waals surface area contributed by atoms with Crippen molar-refractivity contribution in [1.82, 2.24) is 8.75 Å². The Hall–Kier alpha value is -1.79. The summed E-state index contributed by atoms with van der Waals surface area (Å²) in [6.45, 7) is 4.54. The van der Waals surface area contributed by atoms with Gasteiger partial charge in [-0.2, -0.15) is 8.75 Å². The van der Waals surface area contributed by atoms with Gasteiger partial charge in [0.25, 0.3) is 0 Å². The van der Waals surface area contributed by atoms with E-state index in [2.05, 4.69) is 8.75 Å². The first kappa shape index (κ1) is 15.6. The number of rotatable bonds is 7. The summed E-state index contributed by atoms with van der Waals surface area (Å²) in [4.78, 5) is 12.1. The molecule has 1 heterocycles. The SMILES string of the molecule is CC(C)(COCc1ccccc1)C(=O)OCc1cnsn1. The Morgan fingerprint density at radius 3 is 2.67 bits per heavy atom. The summed E-state index contributed by atoms with van der Waals surface area (Å²) in [5, 5.41) is 0. The lowest BCUT2D eigenvalue weighted by Gasteiger charge is -2.22. The van der Waals surface area contributed by atoms with Crippen molar-refractivity contribution in [2.75, 3.05) is 6.61 Å². The summed E-state index contributed by atoms with van der Waals surface area (Å²) in [5.74, 6) is -0.302. The third-order valence-corrected chi connectivity index (χ3v) is 3.40. The van der Waals surface area contributed by atoms with E-state index in [1.165, 1.54) is 0 Å². The number of esters is 1. The molecule has 0 aliphatic heterocycles. The number of carbonyl (C=O) groups excluding carboxylic acids is 1. The van der Waals surface area contributed by atoms with E-state index in [4.69, 9.17) is 9.47 Å². The number of aromatic nitrogens is 2. The van der Waals surface area contributed by atoms with Crippen molar-refractivity contribution in [1.29, 1.82) is 0 Å². The number of hydrogen-bond acceptors (Lipinski definition) is 6. The third-order valence-electron chi connectivity index (χ3n) is 2.89. The minimum atomic E-state index is -0.696. The van der Waals surface area contributed by atoms with E-state index in [1.54, 1.807) is 20.0 Å². The minimum Gasteiger partial charge on any atom is -0.459 e. The fourth-order valence-electron chi connectivity index (χ4n) is 1.64. The van der Waals surface area contributed by atoms with Gasteiger partial charge in [-0.15, -0.1) is 0 Å². The molecule has 0 atom stereocenters. The fourth-order valence-corrected chi connectivity index (χ4v) is 2.06. The minimum absolute atomic E-state index is 0.150. The second-order valence-corrected chi connectivity index (χ2v) is 5.89. The van der Waals surface area contributed by atoms with Crippen LogP contribution in [0.4, 0.5) is 0 Å². The highest BCUT2D eigenvalue weighted by molar-refractivity contribution is 6.99. The van der Waals surface area contributed by atoms with Crippen LogP contribution >= 0.6 is 11.7 Å². The first-order chi connectivity index (χ1) is 10.1. The van der Waals surface area contributed by atoms with E-state index < -0.39 is 5.41 Å². The van der Waals surface area contributed by atoms with Crippen LogP contribution < -0.4 is 0 Å². The molecule has 0 saturated carbocycles. The summed E-state index contributed by atoms with van der Waals surface area (Å²) < 4.78 is 18.7. The van der Waals surface area contributed by atoms with Crippen molar-refractivity contribution in [3.63, 3.8) is 0 Å². The van der Waals surface area contributed by atoms with Crippen LogP contribution in [-0.2, 0) is 27.5 Å². The molecule has 2 aromatic rings. The predicted octanol–water partition coefficient (Wildman–Crippen LogP) is 2.82. The normalized spacial score (nSPS) is 11.3. The molecule has 0 aliphatic carbocycles. The molecule has 2 rings (SSSR count). The van der Waals surface area contributed by atoms with Gasteiger partial charge in [0.05, 0.1) is 36.6 Å². The van der Waals surface area contributed by atoms with Crippen LogP contribution in [0.2, 0.25) is 0 Å². The van der Waals surface area contributed by atoms with Crippen LogP contribution in [0.3, 0.4) is 0 Å². The topological polar surface area (TPSA) is 61.3 Å². The first-order valence-corrected chi connectivity index (χ1v) is 7.36. The molecule has 0 amide bonds. The molecule has 0 fully saturated rings. The van der Waals surface area contributed by atoms with E-state index in [9.17, 15) is 4.79 Å². The maximum atomic E-state index is 12.1. The Bertz CT molecular complexity index is 556. The van der Waals surface area contributed by atoms with Crippen molar-refractivity contribution in [2.24, 2.45) is 5.41 Å². The Balaban J connectivity index is 1.76. The second-order valence-electron chi connectivity index (χ2n) is 5.34. The van der Waals surface area contributed by atoms with Crippen LogP contribution in [0, 0.1) is 5.41 Å². The molecule has 0 unspecified atom stereocenters. The molecule has 5 nitrogen and oxygen atoms in total. The van der Waals surface area contributed by atoms with Crippen LogP contribution in [0.5, 0.6) is 0 Å². The van der Waals surface area contributed by atoms with Gasteiger partial charge in [0.1, 0.15) is 12.3 Å². The van der Waals surface area contributed by atoms with E-state index >= 15 is 0 Å². The van der Waals surface area contributed by atoms with Crippen LogP contribution in [0.15, 0.2) is 36.5 Å². The smallest absolute Gasteiger partial charge is 0.314 e. The van der Waals surface area contributed by atoms with Crippen molar-refractivity contribution in [3.05, 3.63) is 47.8 Å². The number of hydrogen-bond donors (Lipinski definition) is 0. The largest absolute Gasteiger partial charge is 0.459 e. The molecule has 0 bridgehead atoms. The Morgan fingerprint density at radius 2 is 2.00 bits per heavy atom. The lowest BCUT2D eigenvalue weighted by molar-refractivity contribution is -0.159. The number of carbonyl (C=O) groups is 1. The molecule has 0 radical (unpaired) electrons. The molecule has 0 spiro atoms. The van der Waals surface area contributed by atoms with Crippen molar-refractivity contribution < 1.29 is 14.3 Å². The molecule has 1 aromatic carbocycles. The highest BCUT2D eigenvalue weighted by Crippen LogP contribution is 2.19. The molecule has 112 valence electrons. The molecule has 1 aromatic heterocycles. The molecular weight excluding hydrogens is 288 g/mol. The monoisotopic (exact) mass is 306 g/mol. The fraction of sp³-hybridized carbons (Fsp3) is 0.400. The van der Waals surface area contributed by atoms with Gasteiger partial charge < -0.3 is 9.47 Å². The molecular formula is C15H18N2O3S. The van der Waals surface area contributed by atoms with Gasteiger partial charge in [0.15, 0.2) is 0 Å². The van der Waals surface area contributed by atoms with Gasteiger partial charge in [-0.25, -0.2) is 0 Å². The predicted molar refractivity (Wildman–Crippen MR) is 79.6 cm³/mol. The Morgan fingerprint density at radius 1 is 1.24 bits per heavy atom. The Kier molecular flexibility index (Phi) is 5.41. The first-order valence-electron chi connectivity index (χ1n) is 6.63. The van der Waals surface area contributed by atoms with Crippen molar-refractivity contribution in [2.45, 2.75) is 27.1 Å². The van der Waals surface area contributed by atoms with Gasteiger partial charge in [0.2, 0.25) is 0 Å². The lowest BCUT2D eigenvalue weighted by Crippen LogP contribution is -2.31. The van der Waals surface area contributed by atoms with Gasteiger partial charge in [-0.05, 0) is 19.4 Å².